The molecular formula is C14H32O7. The first-order valence-electron chi connectivity index (χ1n) is 7.35. The molecule has 0 radical (unpaired) electrons. The van der Waals surface area contributed by atoms with Crippen LogP contribution in [0.2, 0.25) is 0 Å². The third-order valence-electron chi connectivity index (χ3n) is 2.00. The van der Waals surface area contributed by atoms with Crippen molar-refractivity contribution in [1.29, 1.82) is 0 Å². The third-order valence-corrected chi connectivity index (χ3v) is 2.00. The van der Waals surface area contributed by atoms with Crippen LogP contribution in [0.3, 0.4) is 0 Å². The summed E-state index contributed by atoms with van der Waals surface area (Å²) < 4.78 is 25.1. The van der Waals surface area contributed by atoms with Crippen LogP contribution in [0.4, 0.5) is 0 Å². The molecule has 7 nitrogen and oxygen atoms in total. The molecule has 0 saturated heterocycles. The SMILES string of the molecule is CCCOC.OCCOCCOCCOCCOCCO. The fraction of sp³-hybridized carbons (Fsp3) is 1.00. The highest BCUT2D eigenvalue weighted by molar-refractivity contribution is 4.34. The van der Waals surface area contributed by atoms with Gasteiger partial charge in [0, 0.05) is 13.7 Å². The van der Waals surface area contributed by atoms with E-state index in [2.05, 4.69) is 6.92 Å². The molecular weight excluding hydrogens is 280 g/mol. The van der Waals surface area contributed by atoms with Gasteiger partial charge in [0.05, 0.1) is 66.1 Å². The van der Waals surface area contributed by atoms with E-state index in [1.807, 2.05) is 0 Å². The highest BCUT2D eigenvalue weighted by Crippen LogP contribution is 1.82. The molecule has 0 spiro atoms. The molecule has 0 amide bonds. The van der Waals surface area contributed by atoms with Gasteiger partial charge in [-0.05, 0) is 6.42 Å². The summed E-state index contributed by atoms with van der Waals surface area (Å²) in [6.45, 7) is 6.77. The first-order valence-corrected chi connectivity index (χ1v) is 7.35. The molecule has 0 aromatic heterocycles. The highest BCUT2D eigenvalue weighted by Gasteiger charge is 1.91. The largest absolute Gasteiger partial charge is 0.394 e. The molecule has 0 atom stereocenters. The smallest absolute Gasteiger partial charge is 0.0701 e. The Bertz CT molecular complexity index is 142. The van der Waals surface area contributed by atoms with E-state index in [0.29, 0.717) is 52.9 Å². The van der Waals surface area contributed by atoms with E-state index in [1.54, 1.807) is 7.11 Å². The molecule has 0 aromatic carbocycles. The lowest BCUT2D eigenvalue weighted by Crippen LogP contribution is -2.13. The van der Waals surface area contributed by atoms with E-state index in [4.69, 9.17) is 33.9 Å². The Balaban J connectivity index is 0. The zero-order valence-electron chi connectivity index (χ0n) is 13.4. The lowest BCUT2D eigenvalue weighted by Gasteiger charge is -2.06. The van der Waals surface area contributed by atoms with Crippen LogP contribution in [-0.4, -0.2) is 90.0 Å². The van der Waals surface area contributed by atoms with E-state index < -0.39 is 0 Å². The normalized spacial score (nSPS) is 10.3. The van der Waals surface area contributed by atoms with Crippen LogP contribution >= 0.6 is 0 Å². The molecule has 0 aliphatic heterocycles. The maximum atomic E-state index is 8.41. The first-order chi connectivity index (χ1) is 10.3. The topological polar surface area (TPSA) is 86.6 Å². The van der Waals surface area contributed by atoms with Crippen molar-refractivity contribution in [3.63, 3.8) is 0 Å². The molecule has 0 aromatic rings. The van der Waals surface area contributed by atoms with Gasteiger partial charge in [0.15, 0.2) is 0 Å². The minimum Gasteiger partial charge on any atom is -0.394 e. The predicted molar refractivity (Wildman–Crippen MR) is 79.6 cm³/mol. The summed E-state index contributed by atoms with van der Waals surface area (Å²) in [5.41, 5.74) is 0. The van der Waals surface area contributed by atoms with Gasteiger partial charge in [-0.15, -0.1) is 0 Å². The summed E-state index contributed by atoms with van der Waals surface area (Å²) in [5, 5.41) is 16.8. The van der Waals surface area contributed by atoms with E-state index >= 15 is 0 Å². The van der Waals surface area contributed by atoms with Gasteiger partial charge in [-0.1, -0.05) is 6.92 Å². The van der Waals surface area contributed by atoms with Crippen LogP contribution < -0.4 is 0 Å². The Hall–Kier alpha value is -0.280. The molecule has 21 heavy (non-hydrogen) atoms. The lowest BCUT2D eigenvalue weighted by molar-refractivity contribution is -0.00856. The summed E-state index contributed by atoms with van der Waals surface area (Å²) in [4.78, 5) is 0. The van der Waals surface area contributed by atoms with Crippen molar-refractivity contribution in [3.8, 4) is 0 Å². The second kappa shape index (κ2) is 24.7. The molecule has 0 heterocycles. The van der Waals surface area contributed by atoms with Gasteiger partial charge in [-0.25, -0.2) is 0 Å². The number of methoxy groups -OCH3 is 1. The van der Waals surface area contributed by atoms with Gasteiger partial charge < -0.3 is 33.9 Å². The van der Waals surface area contributed by atoms with Crippen LogP contribution in [-0.2, 0) is 23.7 Å². The summed E-state index contributed by atoms with van der Waals surface area (Å²) in [6, 6.07) is 0. The fourth-order valence-corrected chi connectivity index (χ4v) is 1.10. The average Bonchev–Trinajstić information content (AvgIpc) is 2.50. The quantitative estimate of drug-likeness (QED) is 0.414. The maximum Gasteiger partial charge on any atom is 0.0701 e. The molecule has 7 heteroatoms. The maximum absolute atomic E-state index is 8.41. The van der Waals surface area contributed by atoms with E-state index in [-0.39, 0.29) is 13.2 Å². The summed E-state index contributed by atoms with van der Waals surface area (Å²) in [7, 11) is 1.71. The number of rotatable bonds is 15. The van der Waals surface area contributed by atoms with Crippen molar-refractivity contribution >= 4 is 0 Å². The highest BCUT2D eigenvalue weighted by atomic mass is 16.6. The van der Waals surface area contributed by atoms with Crippen molar-refractivity contribution < 1.29 is 33.9 Å². The average molecular weight is 312 g/mol. The Kier molecular flexibility index (Phi) is 27.1. The zero-order chi connectivity index (χ0) is 16.0. The van der Waals surface area contributed by atoms with Crippen molar-refractivity contribution in [2.75, 3.05) is 79.8 Å². The van der Waals surface area contributed by atoms with E-state index in [9.17, 15) is 0 Å². The lowest BCUT2D eigenvalue weighted by atomic mass is 10.5. The fourth-order valence-electron chi connectivity index (χ4n) is 1.10. The predicted octanol–water partition coefficient (Wildman–Crippen LogP) is 0.0802. The van der Waals surface area contributed by atoms with Crippen LogP contribution in [0, 0.1) is 0 Å². The van der Waals surface area contributed by atoms with Gasteiger partial charge in [-0.2, -0.15) is 0 Å². The van der Waals surface area contributed by atoms with Crippen molar-refractivity contribution in [2.24, 2.45) is 0 Å². The molecule has 0 saturated carbocycles. The van der Waals surface area contributed by atoms with Gasteiger partial charge in [0.2, 0.25) is 0 Å². The number of aliphatic hydroxyl groups is 2. The van der Waals surface area contributed by atoms with Crippen molar-refractivity contribution in [1.82, 2.24) is 0 Å². The second-order valence-corrected chi connectivity index (χ2v) is 3.89. The Morgan fingerprint density at radius 2 is 0.905 bits per heavy atom. The second-order valence-electron chi connectivity index (χ2n) is 3.89. The molecule has 130 valence electrons. The summed E-state index contributed by atoms with van der Waals surface area (Å²) in [5.74, 6) is 0. The van der Waals surface area contributed by atoms with Crippen LogP contribution in [0.15, 0.2) is 0 Å². The molecule has 0 unspecified atom stereocenters. The summed E-state index contributed by atoms with van der Waals surface area (Å²) >= 11 is 0. The van der Waals surface area contributed by atoms with Crippen LogP contribution in [0.5, 0.6) is 0 Å². The molecule has 0 aliphatic carbocycles. The van der Waals surface area contributed by atoms with E-state index in [1.165, 1.54) is 0 Å². The Morgan fingerprint density at radius 1 is 0.571 bits per heavy atom. The molecule has 0 bridgehead atoms. The number of ether oxygens (including phenoxy) is 5. The monoisotopic (exact) mass is 312 g/mol. The molecule has 2 N–H and O–H groups in total. The Morgan fingerprint density at radius 3 is 1.10 bits per heavy atom. The van der Waals surface area contributed by atoms with Gasteiger partial charge in [0.1, 0.15) is 0 Å². The first kappa shape index (κ1) is 23.0. The van der Waals surface area contributed by atoms with Gasteiger partial charge in [-0.3, -0.25) is 0 Å². The van der Waals surface area contributed by atoms with Gasteiger partial charge in [0.25, 0.3) is 0 Å². The van der Waals surface area contributed by atoms with Crippen LogP contribution in [0.25, 0.3) is 0 Å². The molecule has 0 rings (SSSR count). The van der Waals surface area contributed by atoms with Gasteiger partial charge >= 0.3 is 0 Å². The van der Waals surface area contributed by atoms with Crippen molar-refractivity contribution in [3.05, 3.63) is 0 Å². The zero-order valence-corrected chi connectivity index (χ0v) is 13.4. The Labute approximate surface area is 128 Å². The minimum absolute atomic E-state index is 0.0386. The van der Waals surface area contributed by atoms with Crippen LogP contribution in [0.1, 0.15) is 13.3 Å². The minimum atomic E-state index is 0.0386. The standard InChI is InChI=1S/C10H22O6.C4H10O/c11-1-3-13-5-7-15-9-10-16-8-6-14-4-2-12;1-3-4-5-2/h11-12H,1-10H2;3-4H2,1-2H3. The number of hydrogen-bond donors (Lipinski definition) is 2. The van der Waals surface area contributed by atoms with Crippen molar-refractivity contribution in [2.45, 2.75) is 13.3 Å². The molecule has 0 aliphatic rings. The number of aliphatic hydroxyl groups excluding tert-OH is 2. The summed E-state index contributed by atoms with van der Waals surface area (Å²) in [6.07, 6.45) is 1.12. The third kappa shape index (κ3) is 28.6. The van der Waals surface area contributed by atoms with E-state index in [0.717, 1.165) is 13.0 Å². The number of hydrogen-bond acceptors (Lipinski definition) is 7. The molecule has 0 fully saturated rings.